The lowest BCUT2D eigenvalue weighted by Gasteiger charge is -2.14. The number of pyridine rings is 1. The summed E-state index contributed by atoms with van der Waals surface area (Å²) in [7, 11) is 0. The van der Waals surface area contributed by atoms with Gasteiger partial charge < -0.3 is 11.1 Å². The smallest absolute Gasteiger partial charge is 0.227 e. The van der Waals surface area contributed by atoms with Crippen LogP contribution in [0.15, 0.2) is 24.4 Å². The van der Waals surface area contributed by atoms with Gasteiger partial charge in [-0.3, -0.25) is 4.79 Å². The molecule has 0 aliphatic carbocycles. The highest BCUT2D eigenvalue weighted by molar-refractivity contribution is 5.90. The number of anilines is 1. The van der Waals surface area contributed by atoms with Crippen LogP contribution < -0.4 is 11.1 Å². The first-order valence-electron chi connectivity index (χ1n) is 5.06. The van der Waals surface area contributed by atoms with Gasteiger partial charge in [-0.1, -0.05) is 19.9 Å². The van der Waals surface area contributed by atoms with Crippen molar-refractivity contribution in [2.24, 2.45) is 11.7 Å². The number of carbonyl (C=O) groups is 1. The Bertz CT molecular complexity index is 311. The van der Waals surface area contributed by atoms with E-state index < -0.39 is 0 Å². The number of hydrogen-bond acceptors (Lipinski definition) is 3. The molecular weight excluding hydrogens is 190 g/mol. The normalized spacial score (nSPS) is 12.5. The van der Waals surface area contributed by atoms with Gasteiger partial charge >= 0.3 is 0 Å². The molecule has 4 heteroatoms. The van der Waals surface area contributed by atoms with Crippen molar-refractivity contribution in [1.82, 2.24) is 4.98 Å². The number of nitrogens with two attached hydrogens (primary N) is 1. The first-order valence-corrected chi connectivity index (χ1v) is 5.06. The molecule has 1 rings (SSSR count). The second kappa shape index (κ2) is 5.46. The SMILES string of the molecule is CC(C)C(N)CC(=O)Nc1ccccn1. The molecule has 0 radical (unpaired) electrons. The zero-order valence-corrected chi connectivity index (χ0v) is 9.10. The summed E-state index contributed by atoms with van der Waals surface area (Å²) in [6.07, 6.45) is 1.96. The molecule has 82 valence electrons. The lowest BCUT2D eigenvalue weighted by atomic mass is 10.0. The number of nitrogens with zero attached hydrogens (tertiary/aromatic N) is 1. The van der Waals surface area contributed by atoms with E-state index in [0.717, 1.165) is 0 Å². The van der Waals surface area contributed by atoms with Gasteiger partial charge in [0.25, 0.3) is 0 Å². The number of hydrogen-bond donors (Lipinski definition) is 2. The van der Waals surface area contributed by atoms with Crippen LogP contribution in [0.4, 0.5) is 5.82 Å². The number of rotatable bonds is 4. The van der Waals surface area contributed by atoms with E-state index in [2.05, 4.69) is 10.3 Å². The van der Waals surface area contributed by atoms with Crippen LogP contribution in [-0.2, 0) is 4.79 Å². The molecule has 15 heavy (non-hydrogen) atoms. The van der Waals surface area contributed by atoms with Gasteiger partial charge in [-0.15, -0.1) is 0 Å². The average Bonchev–Trinajstić information content (AvgIpc) is 2.18. The van der Waals surface area contributed by atoms with Crippen molar-refractivity contribution >= 4 is 11.7 Å². The van der Waals surface area contributed by atoms with Crippen LogP contribution in [0.25, 0.3) is 0 Å². The molecule has 0 aliphatic rings. The van der Waals surface area contributed by atoms with Crippen LogP contribution in [0.1, 0.15) is 20.3 Å². The van der Waals surface area contributed by atoms with Gasteiger partial charge in [0.1, 0.15) is 5.82 Å². The van der Waals surface area contributed by atoms with Gasteiger partial charge in [0, 0.05) is 18.7 Å². The molecule has 4 nitrogen and oxygen atoms in total. The topological polar surface area (TPSA) is 68.0 Å². The van der Waals surface area contributed by atoms with Crippen molar-refractivity contribution in [3.8, 4) is 0 Å². The Kier molecular flexibility index (Phi) is 4.24. The van der Waals surface area contributed by atoms with Gasteiger partial charge in [0.15, 0.2) is 0 Å². The molecule has 1 unspecified atom stereocenters. The zero-order chi connectivity index (χ0) is 11.3. The minimum Gasteiger partial charge on any atom is -0.327 e. The zero-order valence-electron chi connectivity index (χ0n) is 9.10. The van der Waals surface area contributed by atoms with Gasteiger partial charge in [0.05, 0.1) is 0 Å². The summed E-state index contributed by atoms with van der Waals surface area (Å²) in [5.41, 5.74) is 5.79. The highest BCUT2D eigenvalue weighted by Gasteiger charge is 2.12. The molecule has 0 aromatic carbocycles. The second-order valence-electron chi connectivity index (χ2n) is 3.88. The van der Waals surface area contributed by atoms with E-state index in [-0.39, 0.29) is 11.9 Å². The highest BCUT2D eigenvalue weighted by Crippen LogP contribution is 2.05. The third-order valence-electron chi connectivity index (χ3n) is 2.21. The van der Waals surface area contributed by atoms with Crippen LogP contribution in [0.5, 0.6) is 0 Å². The molecule has 0 saturated heterocycles. The fourth-order valence-electron chi connectivity index (χ4n) is 1.08. The van der Waals surface area contributed by atoms with Crippen molar-refractivity contribution in [3.63, 3.8) is 0 Å². The molecule has 1 aromatic heterocycles. The summed E-state index contributed by atoms with van der Waals surface area (Å²) < 4.78 is 0. The lowest BCUT2D eigenvalue weighted by Crippen LogP contribution is -2.31. The second-order valence-corrected chi connectivity index (χ2v) is 3.88. The number of carbonyl (C=O) groups excluding carboxylic acids is 1. The fourth-order valence-corrected chi connectivity index (χ4v) is 1.08. The predicted molar refractivity (Wildman–Crippen MR) is 60.3 cm³/mol. The summed E-state index contributed by atoms with van der Waals surface area (Å²) in [5.74, 6) is 0.785. The van der Waals surface area contributed by atoms with E-state index in [9.17, 15) is 4.79 Å². The average molecular weight is 207 g/mol. The van der Waals surface area contributed by atoms with Crippen molar-refractivity contribution in [2.45, 2.75) is 26.3 Å². The maximum Gasteiger partial charge on any atom is 0.227 e. The summed E-state index contributed by atoms with van der Waals surface area (Å²) in [4.78, 5) is 15.5. The third kappa shape index (κ3) is 4.08. The Balaban J connectivity index is 2.43. The minimum absolute atomic E-state index is 0.0881. The van der Waals surface area contributed by atoms with Crippen molar-refractivity contribution < 1.29 is 4.79 Å². The summed E-state index contributed by atoms with van der Waals surface area (Å²) in [6.45, 7) is 4.00. The van der Waals surface area contributed by atoms with Crippen LogP contribution >= 0.6 is 0 Å². The standard InChI is InChI=1S/C11H17N3O/c1-8(2)9(12)7-11(15)14-10-5-3-4-6-13-10/h3-6,8-9H,7,12H2,1-2H3,(H,13,14,15). The molecule has 3 N–H and O–H groups in total. The maximum absolute atomic E-state index is 11.5. The quantitative estimate of drug-likeness (QED) is 0.784. The molecule has 0 saturated carbocycles. The Morgan fingerprint density at radius 3 is 2.80 bits per heavy atom. The van der Waals surface area contributed by atoms with Crippen molar-refractivity contribution in [2.75, 3.05) is 5.32 Å². The maximum atomic E-state index is 11.5. The van der Waals surface area contributed by atoms with Gasteiger partial charge in [0.2, 0.25) is 5.91 Å². The predicted octanol–water partition coefficient (Wildman–Crippen LogP) is 1.39. The third-order valence-corrected chi connectivity index (χ3v) is 2.21. The summed E-state index contributed by atoms with van der Waals surface area (Å²) in [6, 6.07) is 5.27. The monoisotopic (exact) mass is 207 g/mol. The highest BCUT2D eigenvalue weighted by atomic mass is 16.1. The van der Waals surface area contributed by atoms with Gasteiger partial charge in [-0.25, -0.2) is 4.98 Å². The first-order chi connectivity index (χ1) is 7.09. The van der Waals surface area contributed by atoms with E-state index in [1.807, 2.05) is 19.9 Å². The minimum atomic E-state index is -0.103. The van der Waals surface area contributed by atoms with E-state index in [0.29, 0.717) is 18.2 Å². The Hall–Kier alpha value is -1.42. The largest absolute Gasteiger partial charge is 0.327 e. The number of amides is 1. The van der Waals surface area contributed by atoms with Crippen LogP contribution in [0.3, 0.4) is 0 Å². The lowest BCUT2D eigenvalue weighted by molar-refractivity contribution is -0.116. The van der Waals surface area contributed by atoms with Gasteiger partial charge in [-0.2, -0.15) is 0 Å². The van der Waals surface area contributed by atoms with E-state index >= 15 is 0 Å². The molecule has 1 atom stereocenters. The molecule has 1 heterocycles. The molecular formula is C11H17N3O. The molecule has 1 amide bonds. The summed E-state index contributed by atoms with van der Waals surface area (Å²) in [5, 5.41) is 2.70. The van der Waals surface area contributed by atoms with Crippen molar-refractivity contribution in [1.29, 1.82) is 0 Å². The Morgan fingerprint density at radius 2 is 2.27 bits per heavy atom. The van der Waals surface area contributed by atoms with Crippen LogP contribution in [0.2, 0.25) is 0 Å². The van der Waals surface area contributed by atoms with Gasteiger partial charge in [-0.05, 0) is 18.1 Å². The first kappa shape index (κ1) is 11.7. The van der Waals surface area contributed by atoms with E-state index in [4.69, 9.17) is 5.73 Å². The van der Waals surface area contributed by atoms with Crippen molar-refractivity contribution in [3.05, 3.63) is 24.4 Å². The Labute approximate surface area is 89.9 Å². The van der Waals surface area contributed by atoms with Crippen LogP contribution in [-0.4, -0.2) is 16.9 Å². The summed E-state index contributed by atoms with van der Waals surface area (Å²) >= 11 is 0. The van der Waals surface area contributed by atoms with E-state index in [1.54, 1.807) is 18.3 Å². The molecule has 1 aromatic rings. The molecule has 0 spiro atoms. The molecule has 0 aliphatic heterocycles. The molecule has 0 bridgehead atoms. The Morgan fingerprint density at radius 1 is 1.53 bits per heavy atom. The number of nitrogens with one attached hydrogen (secondary N) is 1. The fraction of sp³-hybridized carbons (Fsp3) is 0.455. The van der Waals surface area contributed by atoms with E-state index in [1.165, 1.54) is 0 Å². The van der Waals surface area contributed by atoms with Crippen LogP contribution in [0, 0.1) is 5.92 Å². The molecule has 0 fully saturated rings. The number of aromatic nitrogens is 1.